The van der Waals surface area contributed by atoms with E-state index in [1.165, 1.54) is 20.7 Å². The summed E-state index contributed by atoms with van der Waals surface area (Å²) in [7, 11) is 2.70. The number of pyridine rings is 1. The highest BCUT2D eigenvalue weighted by Gasteiger charge is 1.99. The number of anilines is 1. The predicted octanol–water partition coefficient (Wildman–Crippen LogP) is 2.18. The van der Waals surface area contributed by atoms with Crippen molar-refractivity contribution in [3.05, 3.63) is 45.0 Å². The van der Waals surface area contributed by atoms with Crippen LogP contribution in [0, 0.1) is 0 Å². The number of nitrogens with one attached hydrogen (secondary N) is 1. The second-order valence-corrected chi connectivity index (χ2v) is 4.76. The van der Waals surface area contributed by atoms with Crippen molar-refractivity contribution in [2.45, 2.75) is 6.54 Å². The molecule has 1 N–H and O–H groups in total. The molecule has 0 amide bonds. The minimum atomic E-state index is 0.0962. The monoisotopic (exact) mass is 224 g/mol. The lowest BCUT2D eigenvalue weighted by molar-refractivity contribution is 1.11. The molecule has 0 saturated heterocycles. The van der Waals surface area contributed by atoms with E-state index in [2.05, 4.69) is 10.3 Å². The van der Waals surface area contributed by atoms with E-state index < -0.39 is 0 Å². The van der Waals surface area contributed by atoms with E-state index in [1.807, 2.05) is 17.5 Å². The Morgan fingerprint density at radius 3 is 3.07 bits per heavy atom. The summed E-state index contributed by atoms with van der Waals surface area (Å²) in [5, 5.41) is 4.91. The van der Waals surface area contributed by atoms with Crippen molar-refractivity contribution >= 4 is 26.4 Å². The number of aromatic nitrogens is 1. The van der Waals surface area contributed by atoms with Crippen molar-refractivity contribution in [2.75, 3.05) is 5.32 Å². The summed E-state index contributed by atoms with van der Waals surface area (Å²) in [6, 6.07) is 3.85. The topological polar surface area (TPSA) is 42.0 Å². The van der Waals surface area contributed by atoms with Gasteiger partial charge in [0.1, 0.15) is 5.69 Å². The lowest BCUT2D eigenvalue weighted by Crippen LogP contribution is -2.05. The molecule has 0 unspecified atom stereocenters. The Kier molecular flexibility index (Phi) is 2.90. The quantitative estimate of drug-likeness (QED) is 0.812. The second-order valence-electron chi connectivity index (χ2n) is 2.71. The summed E-state index contributed by atoms with van der Waals surface area (Å²) in [4.78, 5) is 15.2. The van der Waals surface area contributed by atoms with Crippen molar-refractivity contribution < 1.29 is 0 Å². The van der Waals surface area contributed by atoms with Crippen LogP contribution in [0.4, 0.5) is 5.69 Å². The molecule has 2 heterocycles. The van der Waals surface area contributed by atoms with E-state index >= 15 is 0 Å². The molecule has 0 spiro atoms. The molecule has 0 aliphatic heterocycles. The van der Waals surface area contributed by atoms with Gasteiger partial charge in [0, 0.05) is 24.3 Å². The van der Waals surface area contributed by atoms with Crippen LogP contribution in [0.3, 0.4) is 0 Å². The molecule has 0 bridgehead atoms. The maximum Gasteiger partial charge on any atom is 0.266 e. The highest BCUT2D eigenvalue weighted by molar-refractivity contribution is 7.68. The van der Waals surface area contributed by atoms with Crippen molar-refractivity contribution in [3.63, 3.8) is 0 Å². The third kappa shape index (κ3) is 2.18. The van der Waals surface area contributed by atoms with Gasteiger partial charge < -0.3 is 5.32 Å². The van der Waals surface area contributed by atoms with Gasteiger partial charge in [-0.15, -0.1) is 0 Å². The van der Waals surface area contributed by atoms with Crippen molar-refractivity contribution in [1.29, 1.82) is 0 Å². The van der Waals surface area contributed by atoms with Crippen LogP contribution in [-0.4, -0.2) is 4.98 Å². The first-order chi connectivity index (χ1) is 6.86. The fraction of sp³-hybridized carbons (Fsp3) is 0.111. The van der Waals surface area contributed by atoms with Gasteiger partial charge >= 0.3 is 0 Å². The Morgan fingerprint density at radius 2 is 2.43 bits per heavy atom. The van der Waals surface area contributed by atoms with Gasteiger partial charge in [-0.2, -0.15) is 0 Å². The number of hydrogen-bond donors (Lipinski definition) is 1. The number of rotatable bonds is 3. The third-order valence-corrected chi connectivity index (χ3v) is 3.55. The standard InChI is InChI=1S/C9H8N2OS2/c12-9-8(6-13-14-9)11-5-7-2-1-3-10-4-7/h1-4,6,11H,5H2. The molecule has 0 aliphatic rings. The predicted molar refractivity (Wildman–Crippen MR) is 60.0 cm³/mol. The fourth-order valence-corrected chi connectivity index (χ4v) is 2.70. The van der Waals surface area contributed by atoms with Gasteiger partial charge in [-0.25, -0.2) is 0 Å². The number of hydrogen-bond acceptors (Lipinski definition) is 5. The Labute approximate surface area is 88.5 Å². The van der Waals surface area contributed by atoms with Crippen LogP contribution >= 0.6 is 20.7 Å². The first-order valence-electron chi connectivity index (χ1n) is 4.07. The van der Waals surface area contributed by atoms with Crippen LogP contribution in [0.5, 0.6) is 0 Å². The van der Waals surface area contributed by atoms with Crippen molar-refractivity contribution in [2.24, 2.45) is 0 Å². The highest BCUT2D eigenvalue weighted by Crippen LogP contribution is 2.11. The fourth-order valence-electron chi connectivity index (χ4n) is 1.02. The van der Waals surface area contributed by atoms with E-state index in [0.29, 0.717) is 12.2 Å². The molecule has 2 rings (SSSR count). The largest absolute Gasteiger partial charge is 0.376 e. The van der Waals surface area contributed by atoms with Crippen LogP contribution in [0.1, 0.15) is 5.56 Å². The molecule has 3 nitrogen and oxygen atoms in total. The Bertz CT molecular complexity index is 449. The maximum atomic E-state index is 11.2. The molecule has 72 valence electrons. The molecule has 2 aromatic heterocycles. The Hall–Kier alpha value is -1.20. The van der Waals surface area contributed by atoms with Gasteiger partial charge in [-0.3, -0.25) is 9.78 Å². The highest BCUT2D eigenvalue weighted by atomic mass is 32.9. The molecule has 0 aromatic carbocycles. The molecule has 14 heavy (non-hydrogen) atoms. The summed E-state index contributed by atoms with van der Waals surface area (Å²) in [6.07, 6.45) is 3.52. The molecule has 5 heteroatoms. The molecular formula is C9H8N2OS2. The minimum absolute atomic E-state index is 0.0962. The first kappa shape index (κ1) is 9.36. The normalized spacial score (nSPS) is 10.0. The van der Waals surface area contributed by atoms with Crippen LogP contribution in [0.15, 0.2) is 34.7 Å². The van der Waals surface area contributed by atoms with Crippen molar-refractivity contribution in [3.8, 4) is 0 Å². The summed E-state index contributed by atoms with van der Waals surface area (Å²) >= 11 is 0. The second kappa shape index (κ2) is 4.34. The van der Waals surface area contributed by atoms with E-state index in [4.69, 9.17) is 0 Å². The zero-order valence-electron chi connectivity index (χ0n) is 7.27. The Balaban J connectivity index is 2.02. The van der Waals surface area contributed by atoms with E-state index in [0.717, 1.165) is 5.56 Å². The molecule has 0 aliphatic carbocycles. The minimum Gasteiger partial charge on any atom is -0.376 e. The Morgan fingerprint density at radius 1 is 1.50 bits per heavy atom. The summed E-state index contributed by atoms with van der Waals surface area (Å²) in [5.74, 6) is 0. The van der Waals surface area contributed by atoms with Crippen LogP contribution in [-0.2, 0) is 6.54 Å². The molecule has 0 saturated carbocycles. The maximum absolute atomic E-state index is 11.2. The summed E-state index contributed by atoms with van der Waals surface area (Å²) in [6.45, 7) is 0.645. The van der Waals surface area contributed by atoms with Crippen LogP contribution in [0.25, 0.3) is 0 Å². The molecule has 0 radical (unpaired) electrons. The SMILES string of the molecule is O=c1sscc1NCc1cccnc1. The zero-order valence-corrected chi connectivity index (χ0v) is 8.90. The van der Waals surface area contributed by atoms with Crippen LogP contribution < -0.4 is 10.1 Å². The van der Waals surface area contributed by atoms with Gasteiger partial charge in [-0.1, -0.05) is 16.4 Å². The number of nitrogens with zero attached hydrogens (tertiary/aromatic N) is 1. The van der Waals surface area contributed by atoms with Gasteiger partial charge in [0.2, 0.25) is 0 Å². The lowest BCUT2D eigenvalue weighted by Gasteiger charge is -2.01. The average molecular weight is 224 g/mol. The molecule has 0 fully saturated rings. The molecule has 2 aromatic rings. The zero-order chi connectivity index (χ0) is 9.80. The van der Waals surface area contributed by atoms with Gasteiger partial charge in [0.05, 0.1) is 0 Å². The van der Waals surface area contributed by atoms with Gasteiger partial charge in [0.25, 0.3) is 4.74 Å². The van der Waals surface area contributed by atoms with Gasteiger partial charge in [-0.05, 0) is 22.0 Å². The van der Waals surface area contributed by atoms with E-state index in [1.54, 1.807) is 12.4 Å². The molecular weight excluding hydrogens is 216 g/mol. The van der Waals surface area contributed by atoms with Crippen molar-refractivity contribution in [1.82, 2.24) is 4.98 Å². The first-order valence-corrected chi connectivity index (χ1v) is 6.28. The summed E-state index contributed by atoms with van der Waals surface area (Å²) < 4.78 is 0.0962. The van der Waals surface area contributed by atoms with E-state index in [-0.39, 0.29) is 4.74 Å². The molecule has 0 atom stereocenters. The third-order valence-electron chi connectivity index (χ3n) is 1.72. The van der Waals surface area contributed by atoms with Gasteiger partial charge in [0.15, 0.2) is 0 Å². The smallest absolute Gasteiger partial charge is 0.266 e. The lowest BCUT2D eigenvalue weighted by atomic mass is 10.3. The average Bonchev–Trinajstić information content (AvgIpc) is 2.63. The summed E-state index contributed by atoms with van der Waals surface area (Å²) in [5.41, 5.74) is 1.76. The van der Waals surface area contributed by atoms with Crippen LogP contribution in [0.2, 0.25) is 0 Å². The van der Waals surface area contributed by atoms with E-state index in [9.17, 15) is 4.79 Å².